The molecule has 2 N–H and O–H groups in total. The monoisotopic (exact) mass is 221 g/mol. The topological polar surface area (TPSA) is 41.5 Å². The third-order valence-corrected chi connectivity index (χ3v) is 3.00. The van der Waals surface area contributed by atoms with Crippen LogP contribution in [0.1, 0.15) is 37.8 Å². The lowest BCUT2D eigenvalue weighted by Gasteiger charge is -2.24. The average molecular weight is 221 g/mol. The summed E-state index contributed by atoms with van der Waals surface area (Å²) in [6.45, 7) is 3.58. The van der Waals surface area contributed by atoms with Crippen molar-refractivity contribution in [2.75, 3.05) is 13.2 Å². The van der Waals surface area contributed by atoms with Gasteiger partial charge in [-0.1, -0.05) is 12.5 Å². The largest absolute Gasteiger partial charge is 0.504 e. The maximum atomic E-state index is 9.62. The molecule has 1 saturated heterocycles. The van der Waals surface area contributed by atoms with Gasteiger partial charge in [-0.25, -0.2) is 0 Å². The van der Waals surface area contributed by atoms with Crippen molar-refractivity contribution in [3.8, 4) is 11.5 Å². The Morgan fingerprint density at radius 3 is 3.00 bits per heavy atom. The predicted molar refractivity (Wildman–Crippen MR) is 63.9 cm³/mol. The van der Waals surface area contributed by atoms with E-state index in [1.165, 1.54) is 18.4 Å². The highest BCUT2D eigenvalue weighted by molar-refractivity contribution is 5.42. The van der Waals surface area contributed by atoms with Crippen molar-refractivity contribution in [3.05, 3.63) is 23.8 Å². The Morgan fingerprint density at radius 1 is 1.44 bits per heavy atom. The van der Waals surface area contributed by atoms with Gasteiger partial charge in [-0.3, -0.25) is 0 Å². The molecule has 1 aliphatic heterocycles. The van der Waals surface area contributed by atoms with Crippen LogP contribution in [0, 0.1) is 0 Å². The average Bonchev–Trinajstić information content (AvgIpc) is 2.33. The van der Waals surface area contributed by atoms with Crippen LogP contribution < -0.4 is 10.1 Å². The molecule has 88 valence electrons. The molecular formula is C13H19NO2. The van der Waals surface area contributed by atoms with Crippen molar-refractivity contribution in [1.82, 2.24) is 5.32 Å². The van der Waals surface area contributed by atoms with Crippen molar-refractivity contribution in [2.45, 2.75) is 32.2 Å². The lowest BCUT2D eigenvalue weighted by atomic mass is 9.97. The van der Waals surface area contributed by atoms with Gasteiger partial charge < -0.3 is 15.2 Å². The van der Waals surface area contributed by atoms with Gasteiger partial charge in [0.15, 0.2) is 11.5 Å². The molecule has 1 atom stereocenters. The second-order valence-electron chi connectivity index (χ2n) is 4.16. The zero-order chi connectivity index (χ0) is 11.4. The number of piperidine rings is 1. The van der Waals surface area contributed by atoms with Gasteiger partial charge >= 0.3 is 0 Å². The molecule has 1 aromatic rings. The Morgan fingerprint density at radius 2 is 2.31 bits per heavy atom. The van der Waals surface area contributed by atoms with Crippen molar-refractivity contribution >= 4 is 0 Å². The van der Waals surface area contributed by atoms with Gasteiger partial charge in [-0.05, 0) is 44.0 Å². The van der Waals surface area contributed by atoms with E-state index in [9.17, 15) is 5.11 Å². The first-order chi connectivity index (χ1) is 7.81. The van der Waals surface area contributed by atoms with Crippen LogP contribution >= 0.6 is 0 Å². The number of phenols is 1. The van der Waals surface area contributed by atoms with E-state index in [0.29, 0.717) is 18.4 Å². The van der Waals surface area contributed by atoms with E-state index >= 15 is 0 Å². The molecule has 3 heteroatoms. The molecule has 0 radical (unpaired) electrons. The molecule has 0 saturated carbocycles. The number of hydrogen-bond acceptors (Lipinski definition) is 3. The molecule has 0 amide bonds. The van der Waals surface area contributed by atoms with Crippen LogP contribution in [-0.2, 0) is 0 Å². The summed E-state index contributed by atoms with van der Waals surface area (Å²) in [5, 5.41) is 13.1. The maximum Gasteiger partial charge on any atom is 0.161 e. The number of ether oxygens (including phenoxy) is 1. The number of rotatable bonds is 3. The lowest BCUT2D eigenvalue weighted by molar-refractivity contribution is 0.316. The van der Waals surface area contributed by atoms with Crippen molar-refractivity contribution in [3.63, 3.8) is 0 Å². The Kier molecular flexibility index (Phi) is 3.67. The minimum atomic E-state index is 0.224. The van der Waals surface area contributed by atoms with E-state index in [4.69, 9.17) is 4.74 Å². The van der Waals surface area contributed by atoms with Crippen LogP contribution in [0.5, 0.6) is 11.5 Å². The molecule has 2 rings (SSSR count). The van der Waals surface area contributed by atoms with E-state index in [1.807, 2.05) is 19.1 Å². The molecule has 1 aromatic carbocycles. The summed E-state index contributed by atoms with van der Waals surface area (Å²) in [5.74, 6) is 0.814. The lowest BCUT2D eigenvalue weighted by Crippen LogP contribution is -2.26. The van der Waals surface area contributed by atoms with Crippen LogP contribution in [0.15, 0.2) is 18.2 Å². The van der Waals surface area contributed by atoms with Gasteiger partial charge in [-0.2, -0.15) is 0 Å². The van der Waals surface area contributed by atoms with Gasteiger partial charge in [0.1, 0.15) is 0 Å². The van der Waals surface area contributed by atoms with Gasteiger partial charge in [0.2, 0.25) is 0 Å². The van der Waals surface area contributed by atoms with Crippen LogP contribution in [0.4, 0.5) is 0 Å². The number of aromatic hydroxyl groups is 1. The Bertz CT molecular complexity index is 346. The quantitative estimate of drug-likeness (QED) is 0.824. The first-order valence-corrected chi connectivity index (χ1v) is 6.00. The summed E-state index contributed by atoms with van der Waals surface area (Å²) in [7, 11) is 0. The highest BCUT2D eigenvalue weighted by Crippen LogP contribution is 2.31. The minimum absolute atomic E-state index is 0.224. The van der Waals surface area contributed by atoms with Crippen LogP contribution in [0.3, 0.4) is 0 Å². The highest BCUT2D eigenvalue weighted by Gasteiger charge is 2.16. The highest BCUT2D eigenvalue weighted by atomic mass is 16.5. The SMILES string of the molecule is CCOc1cc([C@H]2CCCCN2)ccc1O. The summed E-state index contributed by atoms with van der Waals surface area (Å²) < 4.78 is 5.39. The maximum absolute atomic E-state index is 9.62. The van der Waals surface area contributed by atoms with E-state index in [1.54, 1.807) is 6.07 Å². The molecule has 3 nitrogen and oxygen atoms in total. The van der Waals surface area contributed by atoms with Gasteiger partial charge in [0.25, 0.3) is 0 Å². The predicted octanol–water partition coefficient (Wildman–Crippen LogP) is 2.61. The summed E-state index contributed by atoms with van der Waals surface area (Å²) in [5.41, 5.74) is 1.21. The number of hydrogen-bond donors (Lipinski definition) is 2. The van der Waals surface area contributed by atoms with Crippen molar-refractivity contribution in [2.24, 2.45) is 0 Å². The molecule has 16 heavy (non-hydrogen) atoms. The van der Waals surface area contributed by atoms with Crippen LogP contribution in [0.2, 0.25) is 0 Å². The fraction of sp³-hybridized carbons (Fsp3) is 0.538. The third-order valence-electron chi connectivity index (χ3n) is 3.00. The number of benzene rings is 1. The molecule has 1 heterocycles. The standard InChI is InChI=1S/C13H19NO2/c1-2-16-13-9-10(6-7-12(13)15)11-5-3-4-8-14-11/h6-7,9,11,14-15H,2-5,8H2,1H3/t11-/m1/s1. The fourth-order valence-corrected chi connectivity index (χ4v) is 2.15. The minimum Gasteiger partial charge on any atom is -0.504 e. The number of nitrogens with one attached hydrogen (secondary N) is 1. The van der Waals surface area contributed by atoms with Crippen molar-refractivity contribution < 1.29 is 9.84 Å². The molecule has 0 aromatic heterocycles. The Balaban J connectivity index is 2.17. The Labute approximate surface area is 96.4 Å². The van der Waals surface area contributed by atoms with Crippen molar-refractivity contribution in [1.29, 1.82) is 0 Å². The molecule has 0 bridgehead atoms. The van der Waals surface area contributed by atoms with E-state index < -0.39 is 0 Å². The summed E-state index contributed by atoms with van der Waals surface area (Å²) in [6, 6.07) is 6.05. The van der Waals surface area contributed by atoms with Gasteiger partial charge in [-0.15, -0.1) is 0 Å². The second kappa shape index (κ2) is 5.21. The van der Waals surface area contributed by atoms with Gasteiger partial charge in [0.05, 0.1) is 6.61 Å². The van der Waals surface area contributed by atoms with Crippen LogP contribution in [0.25, 0.3) is 0 Å². The third kappa shape index (κ3) is 2.47. The Hall–Kier alpha value is -1.22. The summed E-state index contributed by atoms with van der Waals surface area (Å²) in [6.07, 6.45) is 3.69. The first kappa shape index (κ1) is 11.3. The molecule has 1 fully saturated rings. The molecule has 0 spiro atoms. The molecule has 0 aliphatic carbocycles. The number of phenolic OH excluding ortho intramolecular Hbond substituents is 1. The molecular weight excluding hydrogens is 202 g/mol. The smallest absolute Gasteiger partial charge is 0.161 e. The normalized spacial score (nSPS) is 20.7. The molecule has 1 aliphatic rings. The summed E-state index contributed by atoms with van der Waals surface area (Å²) >= 11 is 0. The molecule has 0 unspecified atom stereocenters. The zero-order valence-corrected chi connectivity index (χ0v) is 9.70. The second-order valence-corrected chi connectivity index (χ2v) is 4.16. The van der Waals surface area contributed by atoms with E-state index in [0.717, 1.165) is 13.0 Å². The first-order valence-electron chi connectivity index (χ1n) is 6.00. The zero-order valence-electron chi connectivity index (χ0n) is 9.70. The van der Waals surface area contributed by atoms with E-state index in [-0.39, 0.29) is 5.75 Å². The van der Waals surface area contributed by atoms with E-state index in [2.05, 4.69) is 5.32 Å². The van der Waals surface area contributed by atoms with Gasteiger partial charge in [0, 0.05) is 6.04 Å². The van der Waals surface area contributed by atoms with Crippen LogP contribution in [-0.4, -0.2) is 18.3 Å². The fourth-order valence-electron chi connectivity index (χ4n) is 2.15. The summed E-state index contributed by atoms with van der Waals surface area (Å²) in [4.78, 5) is 0.